The van der Waals surface area contributed by atoms with Gasteiger partial charge < -0.3 is 4.74 Å². The Kier molecular flexibility index (Phi) is 2.70. The lowest BCUT2D eigenvalue weighted by Gasteiger charge is -2.13. The molecule has 16 heavy (non-hydrogen) atoms. The molecule has 1 fully saturated rings. The molecule has 0 unspecified atom stereocenters. The molecule has 0 heterocycles. The van der Waals surface area contributed by atoms with Crippen LogP contribution in [-0.2, 0) is 12.8 Å². The second kappa shape index (κ2) is 4.06. The van der Waals surface area contributed by atoms with E-state index in [0.717, 1.165) is 17.7 Å². The van der Waals surface area contributed by atoms with E-state index < -0.39 is 0 Å². The average Bonchev–Trinajstić information content (AvgIpc) is 2.96. The lowest BCUT2D eigenvalue weighted by Crippen LogP contribution is -2.14. The van der Waals surface area contributed by atoms with Crippen LogP contribution in [0.25, 0.3) is 0 Å². The molecule has 1 aromatic rings. The van der Waals surface area contributed by atoms with Gasteiger partial charge in [0.1, 0.15) is 5.75 Å². The van der Waals surface area contributed by atoms with Gasteiger partial charge in [0.2, 0.25) is 0 Å². The summed E-state index contributed by atoms with van der Waals surface area (Å²) in [5.74, 6) is 1.06. The van der Waals surface area contributed by atoms with E-state index in [1.54, 1.807) is 0 Å². The molecule has 2 heteroatoms. The number of ether oxygens (including phenoxy) is 1. The first-order chi connectivity index (χ1) is 7.81. The first-order valence-electron chi connectivity index (χ1n) is 6.12. The monoisotopic (exact) mass is 280 g/mol. The number of hydrogen-bond donors (Lipinski definition) is 0. The van der Waals surface area contributed by atoms with Gasteiger partial charge in [-0.3, -0.25) is 0 Å². The fraction of sp³-hybridized carbons (Fsp3) is 0.571. The molecule has 86 valence electrons. The van der Waals surface area contributed by atoms with Crippen LogP contribution in [0.4, 0.5) is 0 Å². The summed E-state index contributed by atoms with van der Waals surface area (Å²) in [5, 5.41) is 1.07. The third kappa shape index (κ3) is 2.00. The van der Waals surface area contributed by atoms with Gasteiger partial charge in [-0.15, -0.1) is 0 Å². The van der Waals surface area contributed by atoms with Crippen molar-refractivity contribution in [3.8, 4) is 5.75 Å². The standard InChI is InChI=1S/C14H17BrO/c15-9-14(6-7-14)10-16-13-5-4-11-2-1-3-12(11)8-13/h4-5,8H,1-3,6-7,9-10H2. The number of rotatable bonds is 4. The Morgan fingerprint density at radius 3 is 2.75 bits per heavy atom. The summed E-state index contributed by atoms with van der Waals surface area (Å²) < 4.78 is 5.92. The third-order valence-electron chi connectivity index (χ3n) is 3.86. The molecule has 0 radical (unpaired) electrons. The first-order valence-corrected chi connectivity index (χ1v) is 7.24. The smallest absolute Gasteiger partial charge is 0.119 e. The van der Waals surface area contributed by atoms with Crippen LogP contribution in [0.3, 0.4) is 0 Å². The molecule has 1 nitrogen and oxygen atoms in total. The fourth-order valence-electron chi connectivity index (χ4n) is 2.37. The summed E-state index contributed by atoms with van der Waals surface area (Å²) >= 11 is 3.58. The van der Waals surface area contributed by atoms with Crippen LogP contribution in [0.2, 0.25) is 0 Å². The molecule has 2 aliphatic rings. The molecule has 0 aliphatic heterocycles. The van der Waals surface area contributed by atoms with Gasteiger partial charge in [0.15, 0.2) is 0 Å². The largest absolute Gasteiger partial charge is 0.493 e. The van der Waals surface area contributed by atoms with Crippen LogP contribution < -0.4 is 4.74 Å². The van der Waals surface area contributed by atoms with E-state index in [2.05, 4.69) is 34.1 Å². The molecule has 0 N–H and O–H groups in total. The van der Waals surface area contributed by atoms with Gasteiger partial charge in [-0.1, -0.05) is 22.0 Å². The molecule has 3 rings (SSSR count). The van der Waals surface area contributed by atoms with Crippen LogP contribution >= 0.6 is 15.9 Å². The zero-order chi connectivity index (χ0) is 11.0. The highest BCUT2D eigenvalue weighted by atomic mass is 79.9. The topological polar surface area (TPSA) is 9.23 Å². The minimum absolute atomic E-state index is 0.443. The SMILES string of the molecule is BrCC1(COc2ccc3c(c2)CCC3)CC1. The number of alkyl halides is 1. The van der Waals surface area contributed by atoms with E-state index in [1.165, 1.54) is 43.2 Å². The first kappa shape index (κ1) is 10.6. The lowest BCUT2D eigenvalue weighted by molar-refractivity contribution is 0.251. The van der Waals surface area contributed by atoms with Gasteiger partial charge in [-0.2, -0.15) is 0 Å². The summed E-state index contributed by atoms with van der Waals surface area (Å²) in [6.07, 6.45) is 6.41. The molecule has 0 saturated heterocycles. The van der Waals surface area contributed by atoms with Crippen LogP contribution in [0.1, 0.15) is 30.4 Å². The number of aryl methyl sites for hydroxylation is 2. The van der Waals surface area contributed by atoms with E-state index in [-0.39, 0.29) is 0 Å². The highest BCUT2D eigenvalue weighted by Crippen LogP contribution is 2.47. The Bertz CT molecular complexity index is 396. The van der Waals surface area contributed by atoms with Gasteiger partial charge in [-0.25, -0.2) is 0 Å². The summed E-state index contributed by atoms with van der Waals surface area (Å²) in [5.41, 5.74) is 3.47. The summed E-state index contributed by atoms with van der Waals surface area (Å²) in [6, 6.07) is 6.62. The molecule has 0 amide bonds. The molecule has 1 saturated carbocycles. The summed E-state index contributed by atoms with van der Waals surface area (Å²) in [7, 11) is 0. The molecular weight excluding hydrogens is 264 g/mol. The van der Waals surface area contributed by atoms with Crippen molar-refractivity contribution < 1.29 is 4.74 Å². The summed E-state index contributed by atoms with van der Waals surface area (Å²) in [4.78, 5) is 0. The van der Waals surface area contributed by atoms with Crippen molar-refractivity contribution in [2.24, 2.45) is 5.41 Å². The average molecular weight is 281 g/mol. The van der Waals surface area contributed by atoms with Crippen LogP contribution in [-0.4, -0.2) is 11.9 Å². The Morgan fingerprint density at radius 1 is 1.19 bits per heavy atom. The van der Waals surface area contributed by atoms with Crippen LogP contribution in [0.5, 0.6) is 5.75 Å². The zero-order valence-corrected chi connectivity index (χ0v) is 11.1. The van der Waals surface area contributed by atoms with Gasteiger partial charge in [0.25, 0.3) is 0 Å². The fourth-order valence-corrected chi connectivity index (χ4v) is 3.09. The predicted octanol–water partition coefficient (Wildman–Crippen LogP) is 3.73. The number of hydrogen-bond acceptors (Lipinski definition) is 1. The zero-order valence-electron chi connectivity index (χ0n) is 9.47. The van der Waals surface area contributed by atoms with Crippen molar-refractivity contribution in [3.05, 3.63) is 29.3 Å². The van der Waals surface area contributed by atoms with E-state index >= 15 is 0 Å². The van der Waals surface area contributed by atoms with Crippen molar-refractivity contribution in [3.63, 3.8) is 0 Å². The Labute approximate surface area is 105 Å². The number of fused-ring (bicyclic) bond motifs is 1. The van der Waals surface area contributed by atoms with Gasteiger partial charge in [0, 0.05) is 10.7 Å². The maximum absolute atomic E-state index is 5.92. The van der Waals surface area contributed by atoms with Gasteiger partial charge in [-0.05, 0) is 55.4 Å². The second-order valence-corrected chi connectivity index (χ2v) is 5.77. The Balaban J connectivity index is 1.66. The maximum atomic E-state index is 5.92. The molecule has 0 atom stereocenters. The highest BCUT2D eigenvalue weighted by Gasteiger charge is 2.42. The molecule has 0 spiro atoms. The number of halogens is 1. The van der Waals surface area contributed by atoms with Crippen LogP contribution in [0.15, 0.2) is 18.2 Å². The molecule has 1 aromatic carbocycles. The van der Waals surface area contributed by atoms with Crippen molar-refractivity contribution in [1.29, 1.82) is 0 Å². The molecule has 0 aromatic heterocycles. The van der Waals surface area contributed by atoms with Crippen molar-refractivity contribution in [2.75, 3.05) is 11.9 Å². The van der Waals surface area contributed by atoms with Gasteiger partial charge >= 0.3 is 0 Å². The van der Waals surface area contributed by atoms with Crippen molar-refractivity contribution >= 4 is 15.9 Å². The quantitative estimate of drug-likeness (QED) is 0.764. The van der Waals surface area contributed by atoms with E-state index in [0.29, 0.717) is 5.41 Å². The van der Waals surface area contributed by atoms with E-state index in [4.69, 9.17) is 4.74 Å². The third-order valence-corrected chi connectivity index (χ3v) is 5.05. The minimum atomic E-state index is 0.443. The second-order valence-electron chi connectivity index (χ2n) is 5.21. The minimum Gasteiger partial charge on any atom is -0.493 e. The Hall–Kier alpha value is -0.500. The van der Waals surface area contributed by atoms with Gasteiger partial charge in [0.05, 0.1) is 6.61 Å². The van der Waals surface area contributed by atoms with E-state index in [1.807, 2.05) is 0 Å². The van der Waals surface area contributed by atoms with Crippen molar-refractivity contribution in [2.45, 2.75) is 32.1 Å². The highest BCUT2D eigenvalue weighted by molar-refractivity contribution is 9.09. The lowest BCUT2D eigenvalue weighted by atomic mass is 10.1. The summed E-state index contributed by atoms with van der Waals surface area (Å²) in [6.45, 7) is 0.872. The molecule has 0 bridgehead atoms. The number of benzene rings is 1. The van der Waals surface area contributed by atoms with Crippen molar-refractivity contribution in [1.82, 2.24) is 0 Å². The van der Waals surface area contributed by atoms with E-state index in [9.17, 15) is 0 Å². The predicted molar refractivity (Wildman–Crippen MR) is 69.4 cm³/mol. The van der Waals surface area contributed by atoms with Crippen LogP contribution in [0, 0.1) is 5.41 Å². The Morgan fingerprint density at radius 2 is 2.00 bits per heavy atom. The maximum Gasteiger partial charge on any atom is 0.119 e. The molecule has 2 aliphatic carbocycles. The normalized spacial score (nSPS) is 20.6. The molecular formula is C14H17BrO.